The van der Waals surface area contributed by atoms with Gasteiger partial charge in [0, 0.05) is 19.3 Å². The van der Waals surface area contributed by atoms with Gasteiger partial charge in [0.1, 0.15) is 11.4 Å². The number of carbonyl (C=O) groups is 1. The molecule has 0 radical (unpaired) electrons. The SMILES string of the molecule is C=C(CC#CC(C)=CCCC(C)=O)CC#CC(C)(C)O. The Hall–Kier alpha value is -1.77. The van der Waals surface area contributed by atoms with Gasteiger partial charge in [-0.2, -0.15) is 0 Å². The van der Waals surface area contributed by atoms with Gasteiger partial charge in [-0.05, 0) is 39.7 Å². The Balaban J connectivity index is 4.15. The van der Waals surface area contributed by atoms with Crippen molar-refractivity contribution in [2.24, 2.45) is 0 Å². The van der Waals surface area contributed by atoms with Gasteiger partial charge in [0.15, 0.2) is 0 Å². The van der Waals surface area contributed by atoms with E-state index in [1.807, 2.05) is 13.0 Å². The molecule has 2 nitrogen and oxygen atoms in total. The summed E-state index contributed by atoms with van der Waals surface area (Å²) in [5, 5.41) is 9.44. The van der Waals surface area contributed by atoms with E-state index in [9.17, 15) is 9.90 Å². The first-order chi connectivity index (χ1) is 9.20. The van der Waals surface area contributed by atoms with Crippen molar-refractivity contribution < 1.29 is 9.90 Å². The smallest absolute Gasteiger partial charge is 0.130 e. The van der Waals surface area contributed by atoms with E-state index in [-0.39, 0.29) is 5.78 Å². The summed E-state index contributed by atoms with van der Waals surface area (Å²) in [4.78, 5) is 10.8. The van der Waals surface area contributed by atoms with Gasteiger partial charge in [0.05, 0.1) is 0 Å². The first-order valence-electron chi connectivity index (χ1n) is 6.75. The van der Waals surface area contributed by atoms with E-state index < -0.39 is 5.60 Å². The molecule has 0 atom stereocenters. The molecule has 0 amide bonds. The Labute approximate surface area is 123 Å². The molecule has 20 heavy (non-hydrogen) atoms. The van der Waals surface area contributed by atoms with Crippen molar-refractivity contribution in [3.05, 3.63) is 23.8 Å². The predicted octanol–water partition coefficient (Wildman–Crippen LogP) is 3.42. The maximum Gasteiger partial charge on any atom is 0.130 e. The Kier molecular flexibility index (Phi) is 8.37. The normalized spacial score (nSPS) is 10.9. The lowest BCUT2D eigenvalue weighted by atomic mass is 10.1. The van der Waals surface area contributed by atoms with E-state index >= 15 is 0 Å². The third kappa shape index (κ3) is 12.7. The third-order valence-electron chi connectivity index (χ3n) is 2.30. The van der Waals surface area contributed by atoms with E-state index in [0.29, 0.717) is 19.3 Å². The van der Waals surface area contributed by atoms with Gasteiger partial charge in [0.25, 0.3) is 0 Å². The van der Waals surface area contributed by atoms with E-state index in [2.05, 4.69) is 30.3 Å². The molecule has 0 fully saturated rings. The topological polar surface area (TPSA) is 37.3 Å². The second kappa shape index (κ2) is 9.18. The first-order valence-corrected chi connectivity index (χ1v) is 6.75. The zero-order valence-electron chi connectivity index (χ0n) is 13.0. The molecule has 0 aromatic carbocycles. The standard InChI is InChI=1S/C18H24O2/c1-15(11-7-13-17(3)19)9-6-10-16(2)12-8-14-18(4,5)20/h11,20H,2,7,10,12-13H2,1,3-5H3. The minimum atomic E-state index is -0.956. The number of hydrogen-bond donors (Lipinski definition) is 1. The number of hydrogen-bond acceptors (Lipinski definition) is 2. The van der Waals surface area contributed by atoms with Gasteiger partial charge in [-0.15, -0.1) is 0 Å². The van der Waals surface area contributed by atoms with Gasteiger partial charge < -0.3 is 9.90 Å². The highest BCUT2D eigenvalue weighted by atomic mass is 16.3. The zero-order chi connectivity index (χ0) is 15.6. The van der Waals surface area contributed by atoms with Gasteiger partial charge in [-0.3, -0.25) is 0 Å². The van der Waals surface area contributed by atoms with Crippen molar-refractivity contribution >= 4 is 5.78 Å². The van der Waals surface area contributed by atoms with Crippen LogP contribution in [-0.4, -0.2) is 16.5 Å². The third-order valence-corrected chi connectivity index (χ3v) is 2.30. The van der Waals surface area contributed by atoms with Crippen LogP contribution in [0, 0.1) is 23.7 Å². The van der Waals surface area contributed by atoms with Crippen LogP contribution in [-0.2, 0) is 4.79 Å². The lowest BCUT2D eigenvalue weighted by Crippen LogP contribution is -2.14. The minimum absolute atomic E-state index is 0.195. The van der Waals surface area contributed by atoms with Crippen molar-refractivity contribution in [2.45, 2.75) is 59.0 Å². The first kappa shape index (κ1) is 18.2. The average molecular weight is 272 g/mol. The van der Waals surface area contributed by atoms with E-state index in [1.165, 1.54) is 0 Å². The fourth-order valence-corrected chi connectivity index (χ4v) is 1.30. The average Bonchev–Trinajstić information content (AvgIpc) is 2.26. The molecule has 0 aliphatic carbocycles. The number of aliphatic hydroxyl groups is 1. The molecule has 0 unspecified atom stereocenters. The molecule has 0 heterocycles. The molecule has 0 bridgehead atoms. The Bertz CT molecular complexity index is 493. The number of carbonyl (C=O) groups excluding carboxylic acids is 1. The molecule has 0 saturated heterocycles. The largest absolute Gasteiger partial charge is 0.378 e. The quantitative estimate of drug-likeness (QED) is 0.615. The molecule has 0 spiro atoms. The molecular weight excluding hydrogens is 248 g/mol. The van der Waals surface area contributed by atoms with Crippen molar-refractivity contribution in [3.63, 3.8) is 0 Å². The van der Waals surface area contributed by atoms with E-state index in [0.717, 1.165) is 17.6 Å². The summed E-state index contributed by atoms with van der Waals surface area (Å²) in [5.74, 6) is 11.9. The lowest BCUT2D eigenvalue weighted by molar-refractivity contribution is -0.116. The maximum absolute atomic E-state index is 10.8. The van der Waals surface area contributed by atoms with E-state index in [4.69, 9.17) is 0 Å². The molecule has 1 N–H and O–H groups in total. The van der Waals surface area contributed by atoms with Crippen LogP contribution in [0.3, 0.4) is 0 Å². The van der Waals surface area contributed by atoms with Crippen LogP contribution in [0.5, 0.6) is 0 Å². The van der Waals surface area contributed by atoms with Gasteiger partial charge in [-0.1, -0.05) is 41.9 Å². The minimum Gasteiger partial charge on any atom is -0.378 e. The van der Waals surface area contributed by atoms with Crippen LogP contribution in [0.4, 0.5) is 0 Å². The fraction of sp³-hybridized carbons (Fsp3) is 0.500. The summed E-state index contributed by atoms with van der Waals surface area (Å²) in [6.07, 6.45) is 4.43. The summed E-state index contributed by atoms with van der Waals surface area (Å²) in [7, 11) is 0. The van der Waals surface area contributed by atoms with Crippen molar-refractivity contribution in [3.8, 4) is 23.7 Å². The highest BCUT2D eigenvalue weighted by Gasteiger charge is 2.05. The summed E-state index contributed by atoms with van der Waals surface area (Å²) in [6.45, 7) is 10.7. The maximum atomic E-state index is 10.8. The fourth-order valence-electron chi connectivity index (χ4n) is 1.30. The van der Waals surface area contributed by atoms with Crippen molar-refractivity contribution in [1.29, 1.82) is 0 Å². The summed E-state index contributed by atoms with van der Waals surface area (Å²) in [5.41, 5.74) is 0.953. The second-order valence-corrected chi connectivity index (χ2v) is 5.39. The summed E-state index contributed by atoms with van der Waals surface area (Å²) < 4.78 is 0. The van der Waals surface area contributed by atoms with Crippen LogP contribution in [0.25, 0.3) is 0 Å². The zero-order valence-corrected chi connectivity index (χ0v) is 13.0. The molecule has 0 aliphatic heterocycles. The van der Waals surface area contributed by atoms with Crippen molar-refractivity contribution in [1.82, 2.24) is 0 Å². The number of Topliss-reactive ketones (excluding diaryl/α,β-unsaturated/α-hetero) is 1. The molecule has 2 heteroatoms. The molecule has 108 valence electrons. The van der Waals surface area contributed by atoms with Crippen molar-refractivity contribution in [2.75, 3.05) is 0 Å². The van der Waals surface area contributed by atoms with Crippen LogP contribution in [0.2, 0.25) is 0 Å². The molecule has 0 rings (SSSR count). The number of ketones is 1. The highest BCUT2D eigenvalue weighted by molar-refractivity contribution is 5.75. The summed E-state index contributed by atoms with van der Waals surface area (Å²) >= 11 is 0. The predicted molar refractivity (Wildman–Crippen MR) is 83.9 cm³/mol. The molecule has 0 aromatic heterocycles. The lowest BCUT2D eigenvalue weighted by Gasteiger charge is -2.05. The highest BCUT2D eigenvalue weighted by Crippen LogP contribution is 2.04. The van der Waals surface area contributed by atoms with Gasteiger partial charge in [-0.25, -0.2) is 0 Å². The van der Waals surface area contributed by atoms with Crippen LogP contribution < -0.4 is 0 Å². The second-order valence-electron chi connectivity index (χ2n) is 5.39. The van der Waals surface area contributed by atoms with Crippen LogP contribution in [0.15, 0.2) is 23.8 Å². The number of allylic oxidation sites excluding steroid dienone is 3. The Morgan fingerprint density at radius 3 is 2.40 bits per heavy atom. The monoisotopic (exact) mass is 272 g/mol. The molecule has 0 saturated carbocycles. The molecular formula is C18H24O2. The number of rotatable bonds is 5. The van der Waals surface area contributed by atoms with E-state index in [1.54, 1.807) is 20.8 Å². The Morgan fingerprint density at radius 1 is 1.25 bits per heavy atom. The summed E-state index contributed by atoms with van der Waals surface area (Å²) in [6, 6.07) is 0. The molecule has 0 aromatic rings. The van der Waals surface area contributed by atoms with Gasteiger partial charge in [0.2, 0.25) is 0 Å². The van der Waals surface area contributed by atoms with Crippen LogP contribution >= 0.6 is 0 Å². The van der Waals surface area contributed by atoms with Gasteiger partial charge >= 0.3 is 0 Å². The molecule has 0 aliphatic rings. The van der Waals surface area contributed by atoms with Crippen LogP contribution in [0.1, 0.15) is 53.4 Å². The Morgan fingerprint density at radius 2 is 1.85 bits per heavy atom.